The Kier molecular flexibility index (Phi) is 4.40. The zero-order valence-corrected chi connectivity index (χ0v) is 11.4. The summed E-state index contributed by atoms with van der Waals surface area (Å²) in [4.78, 5) is 4.39. The maximum Gasteiger partial charge on any atom is 0.229 e. The maximum atomic E-state index is 5.83. The molecule has 0 amide bonds. The van der Waals surface area contributed by atoms with E-state index in [1.165, 1.54) is 0 Å². The van der Waals surface area contributed by atoms with Crippen molar-refractivity contribution in [1.82, 2.24) is 15.5 Å². The average Bonchev–Trinajstić information content (AvgIpc) is 2.98. The Balaban J connectivity index is 1.50. The highest BCUT2D eigenvalue weighted by molar-refractivity contribution is 5.53. The van der Waals surface area contributed by atoms with Gasteiger partial charge in [0, 0.05) is 5.56 Å². The minimum atomic E-state index is 0.368. The molecule has 20 heavy (non-hydrogen) atoms. The van der Waals surface area contributed by atoms with Gasteiger partial charge in [-0.05, 0) is 25.9 Å². The van der Waals surface area contributed by atoms with Gasteiger partial charge in [-0.15, -0.1) is 0 Å². The molecule has 5 nitrogen and oxygen atoms in total. The lowest BCUT2D eigenvalue weighted by Crippen LogP contribution is -2.32. The molecular formula is C15H19N3O2. The molecule has 0 bridgehead atoms. The van der Waals surface area contributed by atoms with Crippen LogP contribution in [0.1, 0.15) is 18.7 Å². The Morgan fingerprint density at radius 1 is 1.20 bits per heavy atom. The molecule has 0 spiro atoms. The van der Waals surface area contributed by atoms with Gasteiger partial charge in [0.1, 0.15) is 0 Å². The standard InChI is InChI=1S/C15H19N3O2/c1-2-4-12(5-3-1)15-17-14(20-18-15)8-11-19-13-6-9-16-10-7-13/h1-5,13,16H,6-11H2. The summed E-state index contributed by atoms with van der Waals surface area (Å²) in [5.74, 6) is 1.28. The molecule has 0 radical (unpaired) electrons. The second-order valence-electron chi connectivity index (χ2n) is 4.95. The van der Waals surface area contributed by atoms with Gasteiger partial charge in [-0.3, -0.25) is 0 Å². The van der Waals surface area contributed by atoms with Gasteiger partial charge in [0.15, 0.2) is 0 Å². The summed E-state index contributed by atoms with van der Waals surface area (Å²) in [6.07, 6.45) is 3.20. The second kappa shape index (κ2) is 6.63. The van der Waals surface area contributed by atoms with Crippen molar-refractivity contribution in [3.63, 3.8) is 0 Å². The first-order valence-electron chi connectivity index (χ1n) is 7.12. The van der Waals surface area contributed by atoms with Crippen LogP contribution in [0.5, 0.6) is 0 Å². The summed E-state index contributed by atoms with van der Waals surface area (Å²) < 4.78 is 11.1. The van der Waals surface area contributed by atoms with Gasteiger partial charge in [-0.25, -0.2) is 0 Å². The number of hydrogen-bond acceptors (Lipinski definition) is 5. The third kappa shape index (κ3) is 3.43. The van der Waals surface area contributed by atoms with Crippen LogP contribution in [-0.4, -0.2) is 35.9 Å². The number of rotatable bonds is 5. The molecule has 1 saturated heterocycles. The van der Waals surface area contributed by atoms with Crippen LogP contribution >= 0.6 is 0 Å². The molecule has 1 fully saturated rings. The van der Waals surface area contributed by atoms with Crippen LogP contribution < -0.4 is 5.32 Å². The number of benzene rings is 1. The lowest BCUT2D eigenvalue weighted by Gasteiger charge is -2.22. The molecule has 2 aromatic rings. The molecule has 1 N–H and O–H groups in total. The van der Waals surface area contributed by atoms with Crippen LogP contribution in [0.15, 0.2) is 34.9 Å². The van der Waals surface area contributed by atoms with Crippen molar-refractivity contribution in [1.29, 1.82) is 0 Å². The first kappa shape index (κ1) is 13.3. The van der Waals surface area contributed by atoms with E-state index in [1.54, 1.807) is 0 Å². The molecular weight excluding hydrogens is 254 g/mol. The van der Waals surface area contributed by atoms with E-state index in [0.29, 0.717) is 30.8 Å². The number of aromatic nitrogens is 2. The van der Waals surface area contributed by atoms with E-state index in [-0.39, 0.29) is 0 Å². The molecule has 0 saturated carbocycles. The van der Waals surface area contributed by atoms with Crippen molar-refractivity contribution in [2.24, 2.45) is 0 Å². The minimum absolute atomic E-state index is 0.368. The quantitative estimate of drug-likeness (QED) is 0.903. The van der Waals surface area contributed by atoms with Crippen LogP contribution in [0.4, 0.5) is 0 Å². The molecule has 3 rings (SSSR count). The molecule has 1 aromatic heterocycles. The zero-order valence-electron chi connectivity index (χ0n) is 11.4. The summed E-state index contributed by atoms with van der Waals surface area (Å²) in [6.45, 7) is 2.73. The van der Waals surface area contributed by atoms with Crippen LogP contribution in [0.25, 0.3) is 11.4 Å². The number of ether oxygens (including phenoxy) is 1. The van der Waals surface area contributed by atoms with Crippen molar-refractivity contribution in [3.8, 4) is 11.4 Å². The fourth-order valence-corrected chi connectivity index (χ4v) is 2.34. The summed E-state index contributed by atoms with van der Waals surface area (Å²) in [7, 11) is 0. The van der Waals surface area contributed by atoms with E-state index in [0.717, 1.165) is 31.5 Å². The Bertz CT molecular complexity index is 521. The van der Waals surface area contributed by atoms with E-state index < -0.39 is 0 Å². The van der Waals surface area contributed by atoms with Crippen molar-refractivity contribution >= 4 is 0 Å². The van der Waals surface area contributed by atoms with E-state index >= 15 is 0 Å². The molecule has 1 aromatic carbocycles. The molecule has 0 unspecified atom stereocenters. The predicted octanol–water partition coefficient (Wildman–Crippen LogP) is 2.05. The molecule has 1 aliphatic heterocycles. The van der Waals surface area contributed by atoms with Crippen molar-refractivity contribution in [2.45, 2.75) is 25.4 Å². The normalized spacial score (nSPS) is 16.4. The van der Waals surface area contributed by atoms with Gasteiger partial charge in [0.2, 0.25) is 11.7 Å². The van der Waals surface area contributed by atoms with Gasteiger partial charge in [-0.1, -0.05) is 35.5 Å². The van der Waals surface area contributed by atoms with E-state index in [1.807, 2.05) is 30.3 Å². The highest BCUT2D eigenvalue weighted by Gasteiger charge is 2.14. The van der Waals surface area contributed by atoms with E-state index in [2.05, 4.69) is 15.5 Å². The summed E-state index contributed by atoms with van der Waals surface area (Å²) in [5, 5.41) is 7.32. The third-order valence-corrected chi connectivity index (χ3v) is 3.46. The van der Waals surface area contributed by atoms with Gasteiger partial charge >= 0.3 is 0 Å². The molecule has 0 atom stereocenters. The van der Waals surface area contributed by atoms with Crippen LogP contribution in [-0.2, 0) is 11.2 Å². The fourth-order valence-electron chi connectivity index (χ4n) is 2.34. The highest BCUT2D eigenvalue weighted by atomic mass is 16.5. The zero-order chi connectivity index (χ0) is 13.6. The molecule has 106 valence electrons. The van der Waals surface area contributed by atoms with Gasteiger partial charge in [0.05, 0.1) is 19.1 Å². The highest BCUT2D eigenvalue weighted by Crippen LogP contribution is 2.15. The maximum absolute atomic E-state index is 5.83. The first-order valence-corrected chi connectivity index (χ1v) is 7.12. The van der Waals surface area contributed by atoms with E-state index in [4.69, 9.17) is 9.26 Å². The molecule has 2 heterocycles. The summed E-state index contributed by atoms with van der Waals surface area (Å²) in [6, 6.07) is 9.84. The Morgan fingerprint density at radius 2 is 2.00 bits per heavy atom. The van der Waals surface area contributed by atoms with Gasteiger partial charge in [0.25, 0.3) is 0 Å². The smallest absolute Gasteiger partial charge is 0.229 e. The Labute approximate surface area is 118 Å². The van der Waals surface area contributed by atoms with Crippen LogP contribution in [0.3, 0.4) is 0 Å². The Morgan fingerprint density at radius 3 is 2.80 bits per heavy atom. The van der Waals surface area contributed by atoms with Crippen molar-refractivity contribution in [2.75, 3.05) is 19.7 Å². The number of nitrogens with one attached hydrogen (secondary N) is 1. The topological polar surface area (TPSA) is 60.2 Å². The van der Waals surface area contributed by atoms with E-state index in [9.17, 15) is 0 Å². The molecule has 0 aliphatic carbocycles. The SMILES string of the molecule is c1ccc(-c2noc(CCOC3CCNCC3)n2)cc1. The molecule has 1 aliphatic rings. The predicted molar refractivity (Wildman–Crippen MR) is 75.3 cm³/mol. The van der Waals surface area contributed by atoms with Crippen molar-refractivity contribution < 1.29 is 9.26 Å². The van der Waals surface area contributed by atoms with Crippen molar-refractivity contribution in [3.05, 3.63) is 36.2 Å². The van der Waals surface area contributed by atoms with Crippen LogP contribution in [0.2, 0.25) is 0 Å². The monoisotopic (exact) mass is 273 g/mol. The third-order valence-electron chi connectivity index (χ3n) is 3.46. The number of piperidine rings is 1. The lowest BCUT2D eigenvalue weighted by molar-refractivity contribution is 0.0322. The second-order valence-corrected chi connectivity index (χ2v) is 4.95. The minimum Gasteiger partial charge on any atom is -0.378 e. The van der Waals surface area contributed by atoms with Gasteiger partial charge in [-0.2, -0.15) is 4.98 Å². The average molecular weight is 273 g/mol. The van der Waals surface area contributed by atoms with Crippen LogP contribution in [0, 0.1) is 0 Å². The fraction of sp³-hybridized carbons (Fsp3) is 0.467. The Hall–Kier alpha value is -1.72. The van der Waals surface area contributed by atoms with Gasteiger partial charge < -0.3 is 14.6 Å². The number of hydrogen-bond donors (Lipinski definition) is 1. The lowest BCUT2D eigenvalue weighted by atomic mass is 10.1. The largest absolute Gasteiger partial charge is 0.378 e. The molecule has 5 heteroatoms. The number of nitrogens with zero attached hydrogens (tertiary/aromatic N) is 2. The summed E-state index contributed by atoms with van der Waals surface area (Å²) in [5.41, 5.74) is 0.974. The summed E-state index contributed by atoms with van der Waals surface area (Å²) >= 11 is 0. The first-order chi connectivity index (χ1) is 9.92.